The molecule has 10 heteroatoms. The summed E-state index contributed by atoms with van der Waals surface area (Å²) in [6.07, 6.45) is 5.60. The maximum absolute atomic E-state index is 12.9. The Morgan fingerprint density at radius 2 is 1.75 bits per heavy atom. The van der Waals surface area contributed by atoms with Crippen molar-refractivity contribution in [3.05, 3.63) is 79.1 Å². The number of carbonyl (C=O) groups excluding carboxylic acids is 1. The molecule has 0 aliphatic heterocycles. The Kier molecular flexibility index (Phi) is 6.65. The van der Waals surface area contributed by atoms with Crippen molar-refractivity contribution in [2.75, 3.05) is 11.1 Å². The molecule has 1 aliphatic carbocycles. The van der Waals surface area contributed by atoms with Crippen molar-refractivity contribution in [1.29, 1.82) is 0 Å². The summed E-state index contributed by atoms with van der Waals surface area (Å²) >= 11 is 0. The number of pyridine rings is 3. The quantitative estimate of drug-likeness (QED) is 0.277. The molecule has 1 amide bonds. The summed E-state index contributed by atoms with van der Waals surface area (Å²) in [5.74, 6) is -0.601. The van der Waals surface area contributed by atoms with Crippen molar-refractivity contribution in [2.45, 2.75) is 25.7 Å². The van der Waals surface area contributed by atoms with Crippen molar-refractivity contribution in [2.24, 2.45) is 11.8 Å². The number of aromatic nitrogens is 5. The van der Waals surface area contributed by atoms with Crippen LogP contribution in [0, 0.1) is 11.8 Å². The Hall–Kier alpha value is -5.12. The normalized spacial score (nSPS) is 17.0. The number of aliphatic carboxylic acids is 1. The lowest BCUT2D eigenvalue weighted by Crippen LogP contribution is -2.31. The Balaban J connectivity index is 1.36. The van der Waals surface area contributed by atoms with Gasteiger partial charge in [0, 0.05) is 17.7 Å². The smallest absolute Gasteiger partial charge is 0.306 e. The lowest BCUT2D eigenvalue weighted by molar-refractivity contribution is -0.143. The second kappa shape index (κ2) is 10.6. The van der Waals surface area contributed by atoms with Crippen LogP contribution in [-0.2, 0) is 9.59 Å². The van der Waals surface area contributed by atoms with E-state index >= 15 is 0 Å². The molecule has 0 spiro atoms. The summed E-state index contributed by atoms with van der Waals surface area (Å²) in [6.45, 7) is 0. The molecule has 1 aromatic carbocycles. The number of rotatable bonds is 6. The lowest BCUT2D eigenvalue weighted by Gasteiger charge is -2.25. The van der Waals surface area contributed by atoms with Gasteiger partial charge in [0.2, 0.25) is 5.91 Å². The zero-order valence-corrected chi connectivity index (χ0v) is 21.6. The number of hydrogen-bond donors (Lipinski definition) is 3. The number of carbonyl (C=O) groups is 2. The fourth-order valence-corrected chi connectivity index (χ4v) is 5.23. The number of benzene rings is 1. The molecule has 4 N–H and O–H groups in total. The molecule has 4 aromatic heterocycles. The molecule has 2 atom stereocenters. The average molecular weight is 534 g/mol. The molecular formula is C30H27N7O3. The zero-order chi connectivity index (χ0) is 27.6. The number of imidazole rings is 1. The molecule has 0 bridgehead atoms. The largest absolute Gasteiger partial charge is 0.481 e. The summed E-state index contributed by atoms with van der Waals surface area (Å²) in [5, 5.41) is 12.2. The first-order valence-electron chi connectivity index (χ1n) is 13.1. The second-order valence-corrected chi connectivity index (χ2v) is 9.90. The Morgan fingerprint density at radius 3 is 2.50 bits per heavy atom. The summed E-state index contributed by atoms with van der Waals surface area (Å²) in [6, 6.07) is 20.9. The summed E-state index contributed by atoms with van der Waals surface area (Å²) in [4.78, 5) is 42.8. The summed E-state index contributed by atoms with van der Waals surface area (Å²) in [5.41, 5.74) is 10.7. The third-order valence-corrected chi connectivity index (χ3v) is 7.31. The Bertz CT molecular complexity index is 1700. The van der Waals surface area contributed by atoms with Gasteiger partial charge in [-0.3, -0.25) is 14.2 Å². The van der Waals surface area contributed by atoms with E-state index in [9.17, 15) is 14.7 Å². The van der Waals surface area contributed by atoms with Crippen molar-refractivity contribution < 1.29 is 14.7 Å². The van der Waals surface area contributed by atoms with Gasteiger partial charge < -0.3 is 16.2 Å². The monoisotopic (exact) mass is 533 g/mol. The topological polar surface area (TPSA) is 149 Å². The molecule has 6 rings (SSSR count). The van der Waals surface area contributed by atoms with Gasteiger partial charge in [0.25, 0.3) is 0 Å². The van der Waals surface area contributed by atoms with Gasteiger partial charge in [-0.1, -0.05) is 36.8 Å². The van der Waals surface area contributed by atoms with E-state index in [1.165, 1.54) is 0 Å². The third-order valence-electron chi connectivity index (χ3n) is 7.31. The minimum absolute atomic E-state index is 0.211. The standard InChI is InChI=1S/C30H27N7O3/c31-26-22(10-5-15-32-26)27-35-24-13-12-23(18-6-2-1-3-7-18)34-28(24)37(27)21-11-14-25(33-17-21)36-29(38)19-8-4-9-20(16-19)30(39)40/h1-3,5-7,10-15,17,19-20H,4,8-9,16H2,(H2,31,32)(H,39,40)(H,33,36,38). The molecule has 1 aliphatic rings. The minimum Gasteiger partial charge on any atom is -0.481 e. The predicted molar refractivity (Wildman–Crippen MR) is 151 cm³/mol. The van der Waals surface area contributed by atoms with Crippen LogP contribution in [0.15, 0.2) is 79.1 Å². The molecule has 0 saturated heterocycles. The molecule has 2 unspecified atom stereocenters. The van der Waals surface area contributed by atoms with Gasteiger partial charge in [-0.15, -0.1) is 0 Å². The highest BCUT2D eigenvalue weighted by Crippen LogP contribution is 2.32. The molecule has 10 nitrogen and oxygen atoms in total. The molecular weight excluding hydrogens is 506 g/mol. The lowest BCUT2D eigenvalue weighted by atomic mass is 9.81. The van der Waals surface area contributed by atoms with Crippen LogP contribution in [0.3, 0.4) is 0 Å². The number of carboxylic acid groups (broad SMARTS) is 1. The number of nitrogens with zero attached hydrogens (tertiary/aromatic N) is 5. The number of carboxylic acids is 1. The Labute approximate surface area is 230 Å². The third kappa shape index (κ3) is 4.86. The number of nitrogen functional groups attached to an aromatic ring is 1. The number of nitrogens with one attached hydrogen (secondary N) is 1. The van der Waals surface area contributed by atoms with Gasteiger partial charge in [0.1, 0.15) is 17.2 Å². The highest BCUT2D eigenvalue weighted by molar-refractivity contribution is 5.92. The first-order valence-corrected chi connectivity index (χ1v) is 13.1. The zero-order valence-electron chi connectivity index (χ0n) is 21.6. The van der Waals surface area contributed by atoms with Crippen LogP contribution in [0.2, 0.25) is 0 Å². The van der Waals surface area contributed by atoms with Crippen LogP contribution in [-0.4, -0.2) is 41.5 Å². The first-order chi connectivity index (χ1) is 19.5. The van der Waals surface area contributed by atoms with E-state index in [0.29, 0.717) is 65.6 Å². The van der Waals surface area contributed by atoms with Crippen LogP contribution in [0.1, 0.15) is 25.7 Å². The van der Waals surface area contributed by atoms with E-state index in [-0.39, 0.29) is 11.8 Å². The molecule has 40 heavy (non-hydrogen) atoms. The average Bonchev–Trinajstić information content (AvgIpc) is 3.37. The number of amides is 1. The van der Waals surface area contributed by atoms with Gasteiger partial charge in [-0.25, -0.2) is 19.9 Å². The number of anilines is 2. The van der Waals surface area contributed by atoms with E-state index in [1.807, 2.05) is 59.2 Å². The van der Waals surface area contributed by atoms with Crippen LogP contribution < -0.4 is 11.1 Å². The minimum atomic E-state index is -0.846. The number of nitrogens with two attached hydrogens (primary N) is 1. The molecule has 4 heterocycles. The summed E-state index contributed by atoms with van der Waals surface area (Å²) < 4.78 is 1.88. The van der Waals surface area contributed by atoms with Gasteiger partial charge in [-0.2, -0.15) is 0 Å². The van der Waals surface area contributed by atoms with Crippen molar-refractivity contribution in [3.8, 4) is 28.3 Å². The van der Waals surface area contributed by atoms with Gasteiger partial charge in [0.05, 0.1) is 29.1 Å². The summed E-state index contributed by atoms with van der Waals surface area (Å²) in [7, 11) is 0. The molecule has 0 radical (unpaired) electrons. The Morgan fingerprint density at radius 1 is 0.925 bits per heavy atom. The van der Waals surface area contributed by atoms with Crippen molar-refractivity contribution in [3.63, 3.8) is 0 Å². The maximum Gasteiger partial charge on any atom is 0.306 e. The van der Waals surface area contributed by atoms with E-state index < -0.39 is 11.9 Å². The van der Waals surface area contributed by atoms with E-state index in [0.717, 1.165) is 11.3 Å². The predicted octanol–water partition coefficient (Wildman–Crippen LogP) is 4.96. The fraction of sp³-hybridized carbons (Fsp3) is 0.200. The van der Waals surface area contributed by atoms with E-state index in [1.54, 1.807) is 24.5 Å². The molecule has 1 saturated carbocycles. The molecule has 200 valence electrons. The molecule has 1 fully saturated rings. The maximum atomic E-state index is 12.9. The van der Waals surface area contributed by atoms with E-state index in [2.05, 4.69) is 15.3 Å². The molecule has 5 aromatic rings. The number of hydrogen-bond acceptors (Lipinski definition) is 7. The van der Waals surface area contributed by atoms with Crippen LogP contribution in [0.25, 0.3) is 39.5 Å². The van der Waals surface area contributed by atoms with Crippen LogP contribution in [0.4, 0.5) is 11.6 Å². The number of fused-ring (bicyclic) bond motifs is 1. The second-order valence-electron chi connectivity index (χ2n) is 9.90. The van der Waals surface area contributed by atoms with Gasteiger partial charge in [0.15, 0.2) is 11.5 Å². The first kappa shape index (κ1) is 25.2. The van der Waals surface area contributed by atoms with E-state index in [4.69, 9.17) is 15.7 Å². The van der Waals surface area contributed by atoms with Crippen molar-refractivity contribution >= 4 is 34.7 Å². The fourth-order valence-electron chi connectivity index (χ4n) is 5.23. The van der Waals surface area contributed by atoms with Crippen LogP contribution in [0.5, 0.6) is 0 Å². The van der Waals surface area contributed by atoms with Gasteiger partial charge >= 0.3 is 5.97 Å². The van der Waals surface area contributed by atoms with Crippen LogP contribution >= 0.6 is 0 Å². The van der Waals surface area contributed by atoms with Gasteiger partial charge in [-0.05, 0) is 55.7 Å². The highest BCUT2D eigenvalue weighted by atomic mass is 16.4. The van der Waals surface area contributed by atoms with Crippen molar-refractivity contribution in [1.82, 2.24) is 24.5 Å². The highest BCUT2D eigenvalue weighted by Gasteiger charge is 2.31. The SMILES string of the molecule is Nc1ncccc1-c1nc2ccc(-c3ccccc3)nc2n1-c1ccc(NC(=O)C2CCCC(C(=O)O)C2)nc1.